The number of anilines is 1. The van der Waals surface area contributed by atoms with Crippen LogP contribution in [0.5, 0.6) is 11.5 Å². The van der Waals surface area contributed by atoms with E-state index in [1.807, 2.05) is 25.1 Å². The molecule has 0 radical (unpaired) electrons. The Morgan fingerprint density at radius 3 is 2.16 bits per heavy atom. The zero-order chi connectivity index (χ0) is 22.8. The molecule has 1 fully saturated rings. The van der Waals surface area contributed by atoms with Crippen LogP contribution in [0.25, 0.3) is 5.76 Å². The number of ether oxygens (including phenoxy) is 2. The van der Waals surface area contributed by atoms with E-state index >= 15 is 0 Å². The summed E-state index contributed by atoms with van der Waals surface area (Å²) in [6.45, 7) is 1.94. The van der Waals surface area contributed by atoms with Crippen LogP contribution >= 0.6 is 0 Å². The zero-order valence-corrected chi connectivity index (χ0v) is 18.0. The highest BCUT2D eigenvalue weighted by Crippen LogP contribution is 2.44. The number of hydrogen-bond acceptors (Lipinski definition) is 5. The van der Waals surface area contributed by atoms with Gasteiger partial charge in [-0.1, -0.05) is 35.9 Å². The van der Waals surface area contributed by atoms with Crippen molar-refractivity contribution in [2.24, 2.45) is 0 Å². The number of methoxy groups -OCH3 is 2. The van der Waals surface area contributed by atoms with Crippen molar-refractivity contribution in [1.29, 1.82) is 0 Å². The molecule has 1 heterocycles. The van der Waals surface area contributed by atoms with Crippen LogP contribution in [0.3, 0.4) is 0 Å². The van der Waals surface area contributed by atoms with E-state index in [9.17, 15) is 14.7 Å². The van der Waals surface area contributed by atoms with Crippen molar-refractivity contribution in [3.8, 4) is 11.5 Å². The Bertz CT molecular complexity index is 1200. The van der Waals surface area contributed by atoms with Gasteiger partial charge < -0.3 is 14.6 Å². The van der Waals surface area contributed by atoms with Gasteiger partial charge in [-0.3, -0.25) is 14.5 Å². The standard InChI is InChI=1S/C26H23NO5/c1-16-8-12-18(13-9-16)27-23(20-6-4-5-7-21(20)32-3)22(25(29)26(27)30)24(28)17-10-14-19(31-2)15-11-17/h4-15,23,28H,1-3H3/b24-22-. The van der Waals surface area contributed by atoms with Crippen molar-refractivity contribution < 1.29 is 24.2 Å². The summed E-state index contributed by atoms with van der Waals surface area (Å²) in [5.41, 5.74) is 2.60. The van der Waals surface area contributed by atoms with Crippen LogP contribution in [-0.4, -0.2) is 31.0 Å². The first-order chi connectivity index (χ1) is 15.5. The Balaban J connectivity index is 1.95. The third kappa shape index (κ3) is 3.60. The number of para-hydroxylation sites is 1. The van der Waals surface area contributed by atoms with Gasteiger partial charge in [-0.25, -0.2) is 0 Å². The summed E-state index contributed by atoms with van der Waals surface area (Å²) in [7, 11) is 3.07. The third-order valence-electron chi connectivity index (χ3n) is 5.55. The van der Waals surface area contributed by atoms with Gasteiger partial charge in [-0.05, 0) is 49.4 Å². The number of carbonyl (C=O) groups is 2. The number of hydrogen-bond donors (Lipinski definition) is 1. The lowest BCUT2D eigenvalue weighted by atomic mass is 9.94. The largest absolute Gasteiger partial charge is 0.507 e. The molecule has 0 aliphatic carbocycles. The Hall–Kier alpha value is -4.06. The van der Waals surface area contributed by atoms with Crippen LogP contribution in [0, 0.1) is 6.92 Å². The summed E-state index contributed by atoms with van der Waals surface area (Å²) in [6.07, 6.45) is 0. The van der Waals surface area contributed by atoms with Crippen LogP contribution in [0.2, 0.25) is 0 Å². The maximum Gasteiger partial charge on any atom is 0.300 e. The van der Waals surface area contributed by atoms with Crippen molar-refractivity contribution >= 4 is 23.1 Å². The molecule has 1 atom stereocenters. The number of benzene rings is 3. The highest BCUT2D eigenvalue weighted by molar-refractivity contribution is 6.51. The Morgan fingerprint density at radius 1 is 0.875 bits per heavy atom. The summed E-state index contributed by atoms with van der Waals surface area (Å²) in [5, 5.41) is 11.2. The highest BCUT2D eigenvalue weighted by Gasteiger charge is 2.47. The van der Waals surface area contributed by atoms with E-state index in [2.05, 4.69) is 0 Å². The molecule has 1 aliphatic heterocycles. The van der Waals surface area contributed by atoms with Crippen molar-refractivity contribution in [3.63, 3.8) is 0 Å². The molecular formula is C26H23NO5. The predicted octanol–water partition coefficient (Wildman–Crippen LogP) is 4.64. The van der Waals surface area contributed by atoms with Crippen molar-refractivity contribution in [2.75, 3.05) is 19.1 Å². The number of aliphatic hydroxyl groups is 1. The summed E-state index contributed by atoms with van der Waals surface area (Å²) < 4.78 is 10.7. The molecule has 1 unspecified atom stereocenters. The quantitative estimate of drug-likeness (QED) is 0.363. The smallest absolute Gasteiger partial charge is 0.300 e. The zero-order valence-electron chi connectivity index (χ0n) is 18.0. The second-order valence-electron chi connectivity index (χ2n) is 7.48. The average Bonchev–Trinajstić information content (AvgIpc) is 3.09. The summed E-state index contributed by atoms with van der Waals surface area (Å²) in [4.78, 5) is 27.8. The van der Waals surface area contributed by atoms with Gasteiger partial charge in [0.1, 0.15) is 17.3 Å². The van der Waals surface area contributed by atoms with E-state index in [-0.39, 0.29) is 11.3 Å². The molecule has 3 aromatic rings. The number of Topliss-reactive ketones (excluding diaryl/α,β-unsaturated/α-hetero) is 1. The van der Waals surface area contributed by atoms with Gasteiger partial charge >= 0.3 is 0 Å². The SMILES string of the molecule is COc1ccc(/C(O)=C2/C(=O)C(=O)N(c3ccc(C)cc3)C2c2ccccc2OC)cc1. The van der Waals surface area contributed by atoms with Gasteiger partial charge in [0.05, 0.1) is 25.8 Å². The fourth-order valence-corrected chi connectivity index (χ4v) is 3.90. The van der Waals surface area contributed by atoms with Gasteiger partial charge in [0.25, 0.3) is 11.7 Å². The van der Waals surface area contributed by atoms with Gasteiger partial charge in [-0.15, -0.1) is 0 Å². The molecular weight excluding hydrogens is 406 g/mol. The van der Waals surface area contributed by atoms with Gasteiger partial charge in [0, 0.05) is 16.8 Å². The molecule has 3 aromatic carbocycles. The highest BCUT2D eigenvalue weighted by atomic mass is 16.5. The molecule has 1 amide bonds. The van der Waals surface area contributed by atoms with Crippen LogP contribution in [0.1, 0.15) is 22.7 Å². The minimum atomic E-state index is -0.851. The molecule has 1 aliphatic rings. The van der Waals surface area contributed by atoms with E-state index in [0.717, 1.165) is 5.56 Å². The fourth-order valence-electron chi connectivity index (χ4n) is 3.90. The Labute approximate surface area is 186 Å². The first kappa shape index (κ1) is 21.2. The number of nitrogens with zero attached hydrogens (tertiary/aromatic N) is 1. The van der Waals surface area contributed by atoms with Crippen LogP contribution in [0.15, 0.2) is 78.4 Å². The average molecular weight is 429 g/mol. The minimum Gasteiger partial charge on any atom is -0.507 e. The molecule has 6 heteroatoms. The topological polar surface area (TPSA) is 76.1 Å². The number of ketones is 1. The Kier molecular flexibility index (Phi) is 5.69. The molecule has 1 saturated heterocycles. The molecule has 0 aromatic heterocycles. The second-order valence-corrected chi connectivity index (χ2v) is 7.48. The van der Waals surface area contributed by atoms with Crippen molar-refractivity contribution in [2.45, 2.75) is 13.0 Å². The Morgan fingerprint density at radius 2 is 1.53 bits per heavy atom. The maximum absolute atomic E-state index is 13.2. The van der Waals surface area contributed by atoms with Gasteiger partial charge in [0.2, 0.25) is 0 Å². The van der Waals surface area contributed by atoms with Gasteiger partial charge in [-0.2, -0.15) is 0 Å². The van der Waals surface area contributed by atoms with E-state index < -0.39 is 17.7 Å². The number of aliphatic hydroxyl groups excluding tert-OH is 1. The van der Waals surface area contributed by atoms with E-state index in [1.165, 1.54) is 12.0 Å². The monoisotopic (exact) mass is 429 g/mol. The normalized spacial score (nSPS) is 17.5. The molecule has 6 nitrogen and oxygen atoms in total. The lowest BCUT2D eigenvalue weighted by Gasteiger charge is -2.26. The van der Waals surface area contributed by atoms with E-state index in [1.54, 1.807) is 61.7 Å². The molecule has 4 rings (SSSR count). The van der Waals surface area contributed by atoms with Crippen molar-refractivity contribution in [1.82, 2.24) is 0 Å². The maximum atomic E-state index is 13.2. The summed E-state index contributed by atoms with van der Waals surface area (Å²) in [5.74, 6) is -0.591. The molecule has 0 spiro atoms. The van der Waals surface area contributed by atoms with Gasteiger partial charge in [0.15, 0.2) is 0 Å². The van der Waals surface area contributed by atoms with Crippen LogP contribution in [-0.2, 0) is 9.59 Å². The summed E-state index contributed by atoms with van der Waals surface area (Å²) in [6, 6.07) is 20.3. The summed E-state index contributed by atoms with van der Waals surface area (Å²) >= 11 is 0. The van der Waals surface area contributed by atoms with Crippen LogP contribution < -0.4 is 14.4 Å². The number of rotatable bonds is 5. The second kappa shape index (κ2) is 8.59. The van der Waals surface area contributed by atoms with E-state index in [4.69, 9.17) is 9.47 Å². The van der Waals surface area contributed by atoms with E-state index in [0.29, 0.717) is 28.3 Å². The number of amides is 1. The number of aryl methyl sites for hydroxylation is 1. The minimum absolute atomic E-state index is 0.00485. The first-order valence-electron chi connectivity index (χ1n) is 10.1. The molecule has 0 saturated carbocycles. The lowest BCUT2D eigenvalue weighted by molar-refractivity contribution is -0.132. The molecule has 162 valence electrons. The first-order valence-corrected chi connectivity index (χ1v) is 10.1. The molecule has 0 bridgehead atoms. The predicted molar refractivity (Wildman–Crippen MR) is 122 cm³/mol. The number of carbonyl (C=O) groups excluding carboxylic acids is 2. The molecule has 1 N–H and O–H groups in total. The fraction of sp³-hybridized carbons (Fsp3) is 0.154. The lowest BCUT2D eigenvalue weighted by Crippen LogP contribution is -2.29. The van der Waals surface area contributed by atoms with Crippen LogP contribution in [0.4, 0.5) is 5.69 Å². The third-order valence-corrected chi connectivity index (χ3v) is 5.55. The molecule has 32 heavy (non-hydrogen) atoms. The van der Waals surface area contributed by atoms with Crippen molar-refractivity contribution in [3.05, 3.63) is 95.1 Å².